The van der Waals surface area contributed by atoms with Gasteiger partial charge in [0.05, 0.1) is 0 Å². The van der Waals surface area contributed by atoms with Gasteiger partial charge >= 0.3 is 0 Å². The Hall–Kier alpha value is -1.80. The summed E-state index contributed by atoms with van der Waals surface area (Å²) in [5.74, 6) is 1.76. The molecule has 106 valence electrons. The van der Waals surface area contributed by atoms with Gasteiger partial charge in [-0.05, 0) is 54.7 Å². The second-order valence-corrected chi connectivity index (χ2v) is 5.12. The SMILES string of the molecule is CCc1cccc(Oc2ccc(CC(N)CC)cc2)c1. The minimum atomic E-state index is 0.239. The second kappa shape index (κ2) is 7.11. The molecule has 0 saturated heterocycles. The summed E-state index contributed by atoms with van der Waals surface area (Å²) in [6, 6.07) is 16.7. The van der Waals surface area contributed by atoms with Crippen LogP contribution < -0.4 is 10.5 Å². The van der Waals surface area contributed by atoms with E-state index in [1.54, 1.807) is 0 Å². The molecule has 0 amide bonds. The van der Waals surface area contributed by atoms with E-state index in [-0.39, 0.29) is 6.04 Å². The number of benzene rings is 2. The van der Waals surface area contributed by atoms with Crippen molar-refractivity contribution in [2.45, 2.75) is 39.2 Å². The molecule has 0 aliphatic carbocycles. The molecule has 0 aliphatic heterocycles. The number of nitrogens with two attached hydrogens (primary N) is 1. The predicted molar refractivity (Wildman–Crippen MR) is 84.3 cm³/mol. The molecule has 2 nitrogen and oxygen atoms in total. The zero-order valence-corrected chi connectivity index (χ0v) is 12.3. The molecule has 0 aliphatic rings. The Balaban J connectivity index is 2.02. The summed E-state index contributed by atoms with van der Waals surface area (Å²) in [6.07, 6.45) is 2.94. The monoisotopic (exact) mass is 269 g/mol. The molecule has 1 unspecified atom stereocenters. The van der Waals surface area contributed by atoms with E-state index in [2.05, 4.69) is 38.1 Å². The van der Waals surface area contributed by atoms with E-state index >= 15 is 0 Å². The fraction of sp³-hybridized carbons (Fsp3) is 0.333. The van der Waals surface area contributed by atoms with Crippen LogP contribution >= 0.6 is 0 Å². The normalized spacial score (nSPS) is 12.2. The zero-order chi connectivity index (χ0) is 14.4. The Morgan fingerprint density at radius 3 is 2.35 bits per heavy atom. The first-order valence-electron chi connectivity index (χ1n) is 7.32. The first-order valence-corrected chi connectivity index (χ1v) is 7.32. The highest BCUT2D eigenvalue weighted by molar-refractivity contribution is 5.35. The van der Waals surface area contributed by atoms with Crippen molar-refractivity contribution in [1.82, 2.24) is 0 Å². The first kappa shape index (κ1) is 14.6. The Kier molecular flexibility index (Phi) is 5.19. The van der Waals surface area contributed by atoms with Gasteiger partial charge in [-0.15, -0.1) is 0 Å². The van der Waals surface area contributed by atoms with Gasteiger partial charge in [-0.25, -0.2) is 0 Å². The number of aryl methyl sites for hydroxylation is 1. The van der Waals surface area contributed by atoms with Crippen LogP contribution in [0.2, 0.25) is 0 Å². The molecule has 2 aromatic carbocycles. The number of hydrogen-bond donors (Lipinski definition) is 1. The van der Waals surface area contributed by atoms with Crippen molar-refractivity contribution in [3.05, 3.63) is 59.7 Å². The maximum atomic E-state index is 5.97. The van der Waals surface area contributed by atoms with Crippen LogP contribution in [0.4, 0.5) is 0 Å². The van der Waals surface area contributed by atoms with Crippen LogP contribution in [0.25, 0.3) is 0 Å². The predicted octanol–water partition coefficient (Wildman–Crippen LogP) is 4.32. The standard InChI is InChI=1S/C18H23NO/c1-3-14-6-5-7-18(13-14)20-17-10-8-15(9-11-17)12-16(19)4-2/h5-11,13,16H,3-4,12,19H2,1-2H3. The van der Waals surface area contributed by atoms with Crippen molar-refractivity contribution in [1.29, 1.82) is 0 Å². The molecule has 1 atom stereocenters. The van der Waals surface area contributed by atoms with Crippen molar-refractivity contribution in [2.75, 3.05) is 0 Å². The molecule has 20 heavy (non-hydrogen) atoms. The van der Waals surface area contributed by atoms with Crippen molar-refractivity contribution in [3.63, 3.8) is 0 Å². The Morgan fingerprint density at radius 1 is 0.950 bits per heavy atom. The third-order valence-corrected chi connectivity index (χ3v) is 3.49. The van der Waals surface area contributed by atoms with Crippen LogP contribution in [0.3, 0.4) is 0 Å². The molecule has 0 fully saturated rings. The Labute approximate surface area is 121 Å². The van der Waals surface area contributed by atoms with Gasteiger partial charge in [0.25, 0.3) is 0 Å². The molecule has 0 aromatic heterocycles. The lowest BCUT2D eigenvalue weighted by atomic mass is 10.0. The average Bonchev–Trinajstić information content (AvgIpc) is 2.49. The highest BCUT2D eigenvalue weighted by Gasteiger charge is 2.03. The summed E-state index contributed by atoms with van der Waals surface area (Å²) in [6.45, 7) is 4.26. The quantitative estimate of drug-likeness (QED) is 0.847. The van der Waals surface area contributed by atoms with Gasteiger partial charge in [-0.1, -0.05) is 38.1 Å². The molecular formula is C18H23NO. The van der Waals surface area contributed by atoms with E-state index in [0.717, 1.165) is 30.8 Å². The van der Waals surface area contributed by atoms with Crippen LogP contribution in [-0.4, -0.2) is 6.04 Å². The third kappa shape index (κ3) is 4.10. The van der Waals surface area contributed by atoms with Crippen molar-refractivity contribution >= 4 is 0 Å². The molecule has 0 spiro atoms. The van der Waals surface area contributed by atoms with Gasteiger partial charge in [0.2, 0.25) is 0 Å². The Bertz CT molecular complexity index is 533. The van der Waals surface area contributed by atoms with Crippen LogP contribution in [0.1, 0.15) is 31.4 Å². The van der Waals surface area contributed by atoms with Gasteiger partial charge in [0.15, 0.2) is 0 Å². The second-order valence-electron chi connectivity index (χ2n) is 5.12. The average molecular weight is 269 g/mol. The number of ether oxygens (including phenoxy) is 1. The molecule has 2 rings (SSSR count). The molecule has 0 saturated carbocycles. The van der Waals surface area contributed by atoms with Crippen LogP contribution in [0.15, 0.2) is 48.5 Å². The van der Waals surface area contributed by atoms with E-state index in [0.29, 0.717) is 0 Å². The van der Waals surface area contributed by atoms with E-state index in [4.69, 9.17) is 10.5 Å². The number of rotatable bonds is 6. The van der Waals surface area contributed by atoms with Crippen LogP contribution in [0.5, 0.6) is 11.5 Å². The van der Waals surface area contributed by atoms with E-state index in [1.807, 2.05) is 24.3 Å². The Morgan fingerprint density at radius 2 is 1.70 bits per heavy atom. The lowest BCUT2D eigenvalue weighted by molar-refractivity contribution is 0.481. The van der Waals surface area contributed by atoms with E-state index in [1.165, 1.54) is 11.1 Å². The zero-order valence-electron chi connectivity index (χ0n) is 12.3. The molecule has 0 radical (unpaired) electrons. The highest BCUT2D eigenvalue weighted by Crippen LogP contribution is 2.23. The van der Waals surface area contributed by atoms with E-state index < -0.39 is 0 Å². The fourth-order valence-electron chi connectivity index (χ4n) is 2.11. The van der Waals surface area contributed by atoms with Gasteiger partial charge in [-0.3, -0.25) is 0 Å². The minimum absolute atomic E-state index is 0.239. The summed E-state index contributed by atoms with van der Waals surface area (Å²) in [7, 11) is 0. The summed E-state index contributed by atoms with van der Waals surface area (Å²) in [4.78, 5) is 0. The molecular weight excluding hydrogens is 246 g/mol. The molecule has 2 aromatic rings. The van der Waals surface area contributed by atoms with Crippen molar-refractivity contribution in [3.8, 4) is 11.5 Å². The summed E-state index contributed by atoms with van der Waals surface area (Å²) < 4.78 is 5.88. The molecule has 0 bridgehead atoms. The topological polar surface area (TPSA) is 35.2 Å². The minimum Gasteiger partial charge on any atom is -0.457 e. The number of hydrogen-bond acceptors (Lipinski definition) is 2. The van der Waals surface area contributed by atoms with Gasteiger partial charge in [-0.2, -0.15) is 0 Å². The van der Waals surface area contributed by atoms with Crippen LogP contribution in [0, 0.1) is 0 Å². The maximum Gasteiger partial charge on any atom is 0.127 e. The summed E-state index contributed by atoms with van der Waals surface area (Å²) >= 11 is 0. The van der Waals surface area contributed by atoms with Gasteiger partial charge in [0.1, 0.15) is 11.5 Å². The lowest BCUT2D eigenvalue weighted by Gasteiger charge is -2.10. The fourth-order valence-corrected chi connectivity index (χ4v) is 2.11. The third-order valence-electron chi connectivity index (χ3n) is 3.49. The molecule has 2 N–H and O–H groups in total. The molecule has 0 heterocycles. The largest absolute Gasteiger partial charge is 0.457 e. The van der Waals surface area contributed by atoms with Gasteiger partial charge in [0, 0.05) is 6.04 Å². The van der Waals surface area contributed by atoms with Gasteiger partial charge < -0.3 is 10.5 Å². The highest BCUT2D eigenvalue weighted by atomic mass is 16.5. The smallest absolute Gasteiger partial charge is 0.127 e. The first-order chi connectivity index (χ1) is 9.71. The van der Waals surface area contributed by atoms with Crippen molar-refractivity contribution < 1.29 is 4.74 Å². The van der Waals surface area contributed by atoms with E-state index in [9.17, 15) is 0 Å². The summed E-state index contributed by atoms with van der Waals surface area (Å²) in [5.41, 5.74) is 8.51. The summed E-state index contributed by atoms with van der Waals surface area (Å²) in [5, 5.41) is 0. The molecule has 2 heteroatoms. The maximum absolute atomic E-state index is 5.97. The lowest BCUT2D eigenvalue weighted by Crippen LogP contribution is -2.21. The van der Waals surface area contributed by atoms with Crippen molar-refractivity contribution in [2.24, 2.45) is 5.73 Å². The van der Waals surface area contributed by atoms with Crippen LogP contribution in [-0.2, 0) is 12.8 Å².